The monoisotopic (exact) mass is 320 g/mol. The third-order valence-corrected chi connectivity index (χ3v) is 3.05. The molecule has 0 heterocycles. The van der Waals surface area contributed by atoms with Gasteiger partial charge in [-0.15, -0.1) is 0 Å². The fourth-order valence-electron chi connectivity index (χ4n) is 1.87. The molecule has 2 amide bonds. The van der Waals surface area contributed by atoms with E-state index in [1.807, 2.05) is 0 Å². The average molecular weight is 320 g/mol. The zero-order valence-corrected chi connectivity index (χ0v) is 11.9. The summed E-state index contributed by atoms with van der Waals surface area (Å²) in [4.78, 5) is 23.3. The van der Waals surface area contributed by atoms with E-state index in [1.165, 1.54) is 42.5 Å². The van der Waals surface area contributed by atoms with E-state index >= 15 is 0 Å². The molecular formula is C16H14F2N2O3. The van der Waals surface area contributed by atoms with Crippen LogP contribution in [-0.4, -0.2) is 23.5 Å². The molecule has 0 saturated carbocycles. The molecule has 7 heteroatoms. The number of aliphatic hydroxyl groups is 1. The SMILES string of the molecule is O=C(NCC(O)c1ccccc1F)C(=O)Nc1ccccc1F. The van der Waals surface area contributed by atoms with Gasteiger partial charge < -0.3 is 15.7 Å². The van der Waals surface area contributed by atoms with Gasteiger partial charge in [0.2, 0.25) is 0 Å². The van der Waals surface area contributed by atoms with E-state index in [-0.39, 0.29) is 17.8 Å². The zero-order valence-electron chi connectivity index (χ0n) is 11.9. The van der Waals surface area contributed by atoms with Crippen LogP contribution in [0.3, 0.4) is 0 Å². The standard InChI is InChI=1S/C16H14F2N2O3/c17-11-6-2-1-5-10(11)14(21)9-19-15(22)16(23)20-13-8-4-3-7-12(13)18/h1-8,14,21H,9H2,(H,19,22)(H,20,23). The lowest BCUT2D eigenvalue weighted by atomic mass is 10.1. The number of para-hydroxylation sites is 1. The van der Waals surface area contributed by atoms with Crippen molar-refractivity contribution < 1.29 is 23.5 Å². The summed E-state index contributed by atoms with van der Waals surface area (Å²) >= 11 is 0. The molecule has 2 aromatic rings. The Labute approximate surface area is 130 Å². The van der Waals surface area contributed by atoms with E-state index in [0.717, 1.165) is 6.07 Å². The third kappa shape index (κ3) is 4.33. The van der Waals surface area contributed by atoms with Gasteiger partial charge >= 0.3 is 11.8 Å². The number of carbonyl (C=O) groups excluding carboxylic acids is 2. The van der Waals surface area contributed by atoms with Crippen molar-refractivity contribution >= 4 is 17.5 Å². The topological polar surface area (TPSA) is 78.4 Å². The Hall–Kier alpha value is -2.80. The summed E-state index contributed by atoms with van der Waals surface area (Å²) in [7, 11) is 0. The van der Waals surface area contributed by atoms with Crippen LogP contribution < -0.4 is 10.6 Å². The minimum absolute atomic E-state index is 0.00214. The molecule has 0 aliphatic carbocycles. The van der Waals surface area contributed by atoms with E-state index < -0.39 is 29.6 Å². The predicted molar refractivity (Wildman–Crippen MR) is 79.4 cm³/mol. The normalized spacial score (nSPS) is 11.6. The maximum absolute atomic E-state index is 13.5. The Morgan fingerprint density at radius 2 is 1.57 bits per heavy atom. The van der Waals surface area contributed by atoms with Gasteiger partial charge in [0.1, 0.15) is 11.6 Å². The van der Waals surface area contributed by atoms with Crippen molar-refractivity contribution in [2.75, 3.05) is 11.9 Å². The largest absolute Gasteiger partial charge is 0.386 e. The maximum atomic E-state index is 13.5. The average Bonchev–Trinajstić information content (AvgIpc) is 2.54. The molecule has 1 unspecified atom stereocenters. The summed E-state index contributed by atoms with van der Waals surface area (Å²) in [5, 5.41) is 14.1. The van der Waals surface area contributed by atoms with Gasteiger partial charge in [0.05, 0.1) is 11.8 Å². The number of hydrogen-bond donors (Lipinski definition) is 3. The summed E-state index contributed by atoms with van der Waals surface area (Å²) in [6.07, 6.45) is -1.30. The number of benzene rings is 2. The lowest BCUT2D eigenvalue weighted by molar-refractivity contribution is -0.136. The van der Waals surface area contributed by atoms with Gasteiger partial charge in [-0.25, -0.2) is 8.78 Å². The van der Waals surface area contributed by atoms with Crippen molar-refractivity contribution in [1.29, 1.82) is 0 Å². The first kappa shape index (κ1) is 16.6. The Kier molecular flexibility index (Phi) is 5.37. The second-order valence-corrected chi connectivity index (χ2v) is 4.68. The molecule has 0 radical (unpaired) electrons. The fourth-order valence-corrected chi connectivity index (χ4v) is 1.87. The lowest BCUT2D eigenvalue weighted by Crippen LogP contribution is -2.37. The highest BCUT2D eigenvalue weighted by Gasteiger charge is 2.18. The second kappa shape index (κ2) is 7.46. The van der Waals surface area contributed by atoms with Crippen molar-refractivity contribution in [2.45, 2.75) is 6.10 Å². The van der Waals surface area contributed by atoms with Crippen LogP contribution in [0.25, 0.3) is 0 Å². The third-order valence-electron chi connectivity index (χ3n) is 3.05. The molecule has 0 aromatic heterocycles. The van der Waals surface area contributed by atoms with Crippen LogP contribution >= 0.6 is 0 Å². The first-order chi connectivity index (χ1) is 11.0. The van der Waals surface area contributed by atoms with Gasteiger partial charge in [0, 0.05) is 12.1 Å². The van der Waals surface area contributed by atoms with Crippen LogP contribution in [-0.2, 0) is 9.59 Å². The highest BCUT2D eigenvalue weighted by molar-refractivity contribution is 6.39. The number of hydrogen-bond acceptors (Lipinski definition) is 3. The molecule has 0 aliphatic rings. The number of halogens is 2. The van der Waals surface area contributed by atoms with E-state index in [9.17, 15) is 23.5 Å². The van der Waals surface area contributed by atoms with Crippen molar-refractivity contribution in [3.8, 4) is 0 Å². The van der Waals surface area contributed by atoms with Gasteiger partial charge in [-0.2, -0.15) is 0 Å². The first-order valence-corrected chi connectivity index (χ1v) is 6.75. The van der Waals surface area contributed by atoms with E-state index in [0.29, 0.717) is 0 Å². The Morgan fingerprint density at radius 1 is 0.957 bits per heavy atom. The zero-order chi connectivity index (χ0) is 16.8. The Bertz CT molecular complexity index is 722. The quantitative estimate of drug-likeness (QED) is 0.751. The number of anilines is 1. The molecule has 2 aromatic carbocycles. The molecule has 23 heavy (non-hydrogen) atoms. The predicted octanol–water partition coefficient (Wildman–Crippen LogP) is 1.75. The molecule has 5 nitrogen and oxygen atoms in total. The van der Waals surface area contributed by atoms with E-state index in [1.54, 1.807) is 0 Å². The summed E-state index contributed by atoms with van der Waals surface area (Å²) in [6.45, 7) is -0.357. The van der Waals surface area contributed by atoms with Gasteiger partial charge in [-0.3, -0.25) is 9.59 Å². The number of nitrogens with one attached hydrogen (secondary N) is 2. The Morgan fingerprint density at radius 3 is 2.22 bits per heavy atom. The number of amides is 2. The molecule has 2 rings (SSSR count). The van der Waals surface area contributed by atoms with Crippen molar-refractivity contribution in [1.82, 2.24) is 5.32 Å². The fraction of sp³-hybridized carbons (Fsp3) is 0.125. The Balaban J connectivity index is 1.91. The second-order valence-electron chi connectivity index (χ2n) is 4.68. The molecule has 0 bridgehead atoms. The van der Waals surface area contributed by atoms with Crippen LogP contribution in [0, 0.1) is 11.6 Å². The molecule has 0 spiro atoms. The smallest absolute Gasteiger partial charge is 0.313 e. The van der Waals surface area contributed by atoms with E-state index in [2.05, 4.69) is 10.6 Å². The van der Waals surface area contributed by atoms with Gasteiger partial charge in [-0.05, 0) is 18.2 Å². The van der Waals surface area contributed by atoms with Crippen molar-refractivity contribution in [3.05, 3.63) is 65.7 Å². The first-order valence-electron chi connectivity index (χ1n) is 6.75. The van der Waals surface area contributed by atoms with Crippen LogP contribution in [0.5, 0.6) is 0 Å². The van der Waals surface area contributed by atoms with E-state index in [4.69, 9.17) is 0 Å². The number of carbonyl (C=O) groups is 2. The molecule has 0 aliphatic heterocycles. The molecule has 0 fully saturated rings. The van der Waals surface area contributed by atoms with Gasteiger partial charge in [0.25, 0.3) is 0 Å². The molecule has 1 atom stereocenters. The minimum atomic E-state index is -1.30. The van der Waals surface area contributed by atoms with Gasteiger partial charge in [0.15, 0.2) is 0 Å². The highest BCUT2D eigenvalue weighted by Crippen LogP contribution is 2.15. The van der Waals surface area contributed by atoms with Crippen LogP contribution in [0.2, 0.25) is 0 Å². The van der Waals surface area contributed by atoms with Crippen molar-refractivity contribution in [2.24, 2.45) is 0 Å². The van der Waals surface area contributed by atoms with Crippen LogP contribution in [0.4, 0.5) is 14.5 Å². The summed E-state index contributed by atoms with van der Waals surface area (Å²) < 4.78 is 26.8. The molecular weight excluding hydrogens is 306 g/mol. The lowest BCUT2D eigenvalue weighted by Gasteiger charge is -2.13. The number of aliphatic hydroxyl groups excluding tert-OH is 1. The maximum Gasteiger partial charge on any atom is 0.313 e. The van der Waals surface area contributed by atoms with Gasteiger partial charge in [-0.1, -0.05) is 30.3 Å². The molecule has 0 saturated heterocycles. The molecule has 3 N–H and O–H groups in total. The highest BCUT2D eigenvalue weighted by atomic mass is 19.1. The van der Waals surface area contributed by atoms with Crippen molar-refractivity contribution in [3.63, 3.8) is 0 Å². The number of rotatable bonds is 4. The van der Waals surface area contributed by atoms with Crippen LogP contribution in [0.15, 0.2) is 48.5 Å². The summed E-state index contributed by atoms with van der Waals surface area (Å²) in [5.41, 5.74) is -0.135. The van der Waals surface area contributed by atoms with Crippen LogP contribution in [0.1, 0.15) is 11.7 Å². The summed E-state index contributed by atoms with van der Waals surface area (Å²) in [6, 6.07) is 10.9. The molecule has 120 valence electrons. The summed E-state index contributed by atoms with van der Waals surface area (Å²) in [5.74, 6) is -3.45. The minimum Gasteiger partial charge on any atom is -0.386 e.